The van der Waals surface area contributed by atoms with Gasteiger partial charge in [0.1, 0.15) is 4.90 Å². The van der Waals surface area contributed by atoms with Crippen LogP contribution in [0.15, 0.2) is 29.2 Å². The lowest BCUT2D eigenvalue weighted by molar-refractivity contribution is 0.364. The molecule has 0 radical (unpaired) electrons. The fourth-order valence-electron chi connectivity index (χ4n) is 1.84. The van der Waals surface area contributed by atoms with Crippen LogP contribution in [0.3, 0.4) is 0 Å². The van der Waals surface area contributed by atoms with E-state index in [1.165, 1.54) is 0 Å². The molecule has 0 aliphatic carbocycles. The zero-order valence-corrected chi connectivity index (χ0v) is 10.2. The van der Waals surface area contributed by atoms with Gasteiger partial charge in [-0.2, -0.15) is 0 Å². The molecule has 1 aliphatic heterocycles. The van der Waals surface area contributed by atoms with Gasteiger partial charge in [0.25, 0.3) is 0 Å². The van der Waals surface area contributed by atoms with Crippen molar-refractivity contribution in [3.8, 4) is 0 Å². The van der Waals surface area contributed by atoms with E-state index in [4.69, 9.17) is 0 Å². The normalized spacial score (nSPS) is 21.3. The highest BCUT2D eigenvalue weighted by Crippen LogP contribution is 3.02. The third kappa shape index (κ3) is 3.05. The molecule has 1 fully saturated rings. The van der Waals surface area contributed by atoms with Crippen LogP contribution in [0.5, 0.6) is 0 Å². The molecule has 0 saturated carbocycles. The van der Waals surface area contributed by atoms with Gasteiger partial charge in [-0.1, -0.05) is 19.4 Å². The van der Waals surface area contributed by atoms with E-state index in [1.54, 1.807) is 0 Å². The number of benzene rings is 1. The lowest BCUT2D eigenvalue weighted by Crippen LogP contribution is -2.43. The third-order valence-electron chi connectivity index (χ3n) is 2.76. The van der Waals surface area contributed by atoms with E-state index in [-0.39, 0.29) is 0 Å². The third-order valence-corrected chi connectivity index (χ3v) is 3.93. The van der Waals surface area contributed by atoms with Crippen molar-refractivity contribution in [2.45, 2.75) is 4.90 Å². The fraction of sp³-hybridized carbons (Fsp3) is 0.400. The first-order chi connectivity index (χ1) is 8.06. The molecule has 1 N–H and O–H groups in total. The highest BCUT2D eigenvalue weighted by atomic mass is 32.5. The van der Waals surface area contributed by atoms with Crippen LogP contribution in [0.4, 0.5) is 25.1 Å². The van der Waals surface area contributed by atoms with Gasteiger partial charge in [0, 0.05) is 31.9 Å². The largest absolute Gasteiger partial charge is 0.369 e. The van der Waals surface area contributed by atoms with Gasteiger partial charge in [0.2, 0.25) is 0 Å². The van der Waals surface area contributed by atoms with Gasteiger partial charge < -0.3 is 10.2 Å². The first-order valence-electron chi connectivity index (χ1n) is 5.36. The van der Waals surface area contributed by atoms with Crippen LogP contribution in [0.2, 0.25) is 0 Å². The Kier molecular flexibility index (Phi) is 2.61. The van der Waals surface area contributed by atoms with E-state index in [1.807, 2.05) is 4.90 Å². The molecule has 1 aromatic carbocycles. The predicted octanol–water partition coefficient (Wildman–Crippen LogP) is 3.75. The van der Waals surface area contributed by atoms with Gasteiger partial charge in [0.05, 0.1) is 0 Å². The molecule has 0 atom stereocenters. The van der Waals surface area contributed by atoms with Crippen LogP contribution in [0, 0.1) is 0 Å². The number of anilines is 1. The Labute approximate surface area is 101 Å². The number of hydrogen-bond donors (Lipinski definition) is 1. The summed E-state index contributed by atoms with van der Waals surface area (Å²) in [6.45, 7) is 2.75. The second kappa shape index (κ2) is 3.51. The average molecular weight is 288 g/mol. The van der Waals surface area contributed by atoms with E-state index < -0.39 is 15.1 Å². The van der Waals surface area contributed by atoms with Crippen LogP contribution in [0.1, 0.15) is 0 Å². The van der Waals surface area contributed by atoms with E-state index in [0.717, 1.165) is 25.2 Å². The molecule has 2 rings (SSSR count). The summed E-state index contributed by atoms with van der Waals surface area (Å²) in [7, 11) is -9.54. The number of rotatable bonds is 2. The van der Waals surface area contributed by atoms with E-state index >= 15 is 0 Å². The Bertz CT molecular complexity index is 435. The molecule has 104 valence electrons. The summed E-state index contributed by atoms with van der Waals surface area (Å²) >= 11 is 0. The minimum atomic E-state index is -9.54. The Hall–Kier alpha value is -1.02. The van der Waals surface area contributed by atoms with Crippen LogP contribution in [-0.2, 0) is 0 Å². The van der Waals surface area contributed by atoms with Crippen molar-refractivity contribution in [1.82, 2.24) is 5.32 Å². The molecule has 8 heteroatoms. The molecular weight excluding hydrogens is 275 g/mol. The highest BCUT2D eigenvalue weighted by molar-refractivity contribution is 8.45. The van der Waals surface area contributed by atoms with Crippen molar-refractivity contribution in [3.05, 3.63) is 24.3 Å². The van der Waals surface area contributed by atoms with Gasteiger partial charge in [-0.05, 0) is 24.3 Å². The quantitative estimate of drug-likeness (QED) is 0.834. The van der Waals surface area contributed by atoms with Gasteiger partial charge in [-0.15, -0.1) is 0 Å². The number of hydrogen-bond acceptors (Lipinski definition) is 2. The van der Waals surface area contributed by atoms with Gasteiger partial charge in [-0.25, -0.2) is 0 Å². The van der Waals surface area contributed by atoms with Crippen LogP contribution in [-0.4, -0.2) is 26.2 Å². The summed E-state index contributed by atoms with van der Waals surface area (Å²) in [6.07, 6.45) is 0. The second-order valence-electron chi connectivity index (χ2n) is 4.20. The van der Waals surface area contributed by atoms with Crippen LogP contribution in [0.25, 0.3) is 0 Å². The van der Waals surface area contributed by atoms with Crippen molar-refractivity contribution < 1.29 is 19.4 Å². The topological polar surface area (TPSA) is 15.3 Å². The number of piperazine rings is 1. The standard InChI is InChI=1S/C10H13F5N2S/c11-18(12,13,14,15)10-3-1-9(2-4-10)17-7-5-16-6-8-17/h1-4,16H,5-8H2. The van der Waals surface area contributed by atoms with Crippen LogP contribution >= 0.6 is 10.2 Å². The minimum Gasteiger partial charge on any atom is -0.369 e. The zero-order valence-electron chi connectivity index (χ0n) is 9.38. The Morgan fingerprint density at radius 1 is 0.889 bits per heavy atom. The summed E-state index contributed by atoms with van der Waals surface area (Å²) in [5.41, 5.74) is 0.530. The summed E-state index contributed by atoms with van der Waals surface area (Å²) in [5, 5.41) is 3.10. The molecule has 2 nitrogen and oxygen atoms in total. The number of halogens is 5. The van der Waals surface area contributed by atoms with Gasteiger partial charge in [-0.3, -0.25) is 0 Å². The molecule has 0 spiro atoms. The van der Waals surface area contributed by atoms with Crippen molar-refractivity contribution in [3.63, 3.8) is 0 Å². The molecule has 0 aromatic heterocycles. The average Bonchev–Trinajstić information content (AvgIpc) is 2.28. The first-order valence-corrected chi connectivity index (χ1v) is 7.31. The van der Waals surface area contributed by atoms with Crippen molar-refractivity contribution in [2.24, 2.45) is 0 Å². The van der Waals surface area contributed by atoms with Gasteiger partial charge >= 0.3 is 10.2 Å². The van der Waals surface area contributed by atoms with Crippen LogP contribution < -0.4 is 10.2 Å². The molecule has 18 heavy (non-hydrogen) atoms. The lowest BCUT2D eigenvalue weighted by atomic mass is 10.2. The van der Waals surface area contributed by atoms with Crippen molar-refractivity contribution >= 4 is 15.9 Å². The van der Waals surface area contributed by atoms with E-state index in [0.29, 0.717) is 30.9 Å². The van der Waals surface area contributed by atoms with Crippen molar-refractivity contribution in [1.29, 1.82) is 0 Å². The molecule has 1 aromatic rings. The smallest absolute Gasteiger partial charge is 0.310 e. The monoisotopic (exact) mass is 288 g/mol. The summed E-state index contributed by atoms with van der Waals surface area (Å²) < 4.78 is 62.5. The van der Waals surface area contributed by atoms with E-state index in [9.17, 15) is 19.4 Å². The Morgan fingerprint density at radius 3 is 1.83 bits per heavy atom. The number of nitrogens with zero attached hydrogens (tertiary/aromatic N) is 1. The summed E-state index contributed by atoms with van der Waals surface area (Å²) in [5.74, 6) is 0. The second-order valence-corrected chi connectivity index (χ2v) is 6.61. The molecular formula is C10H13F5N2S. The maximum absolute atomic E-state index is 12.5. The predicted molar refractivity (Wildman–Crippen MR) is 62.9 cm³/mol. The lowest BCUT2D eigenvalue weighted by Gasteiger charge is -2.40. The van der Waals surface area contributed by atoms with E-state index in [2.05, 4.69) is 5.32 Å². The minimum absolute atomic E-state index is 0.457. The highest BCUT2D eigenvalue weighted by Gasteiger charge is 2.65. The first kappa shape index (κ1) is 13.4. The summed E-state index contributed by atoms with van der Waals surface area (Å²) in [6, 6.07) is 3.11. The Morgan fingerprint density at radius 2 is 1.39 bits per heavy atom. The molecule has 0 amide bonds. The Balaban J connectivity index is 2.26. The van der Waals surface area contributed by atoms with Gasteiger partial charge in [0.15, 0.2) is 0 Å². The fourth-order valence-corrected chi connectivity index (χ4v) is 2.49. The molecule has 1 heterocycles. The number of nitrogens with one attached hydrogen (secondary N) is 1. The molecule has 1 aliphatic rings. The maximum Gasteiger partial charge on any atom is 0.310 e. The zero-order chi connectivity index (χ0) is 13.5. The molecule has 1 saturated heterocycles. The molecule has 0 unspecified atom stereocenters. The summed E-state index contributed by atoms with van der Waals surface area (Å²) in [4.78, 5) is 0.0139. The van der Waals surface area contributed by atoms with Crippen molar-refractivity contribution in [2.75, 3.05) is 31.1 Å². The SMILES string of the molecule is FS(F)(F)(F)(F)c1ccc(N2CCNCC2)cc1. The maximum atomic E-state index is 12.5. The molecule has 0 bridgehead atoms.